The van der Waals surface area contributed by atoms with Crippen molar-refractivity contribution in [1.29, 1.82) is 0 Å². The summed E-state index contributed by atoms with van der Waals surface area (Å²) in [6.07, 6.45) is 0. The van der Waals surface area contributed by atoms with Crippen LogP contribution in [-0.2, 0) is 16.2 Å². The second-order valence-electron chi connectivity index (χ2n) is 21.4. The molecule has 11 aromatic rings. The number of hydrogen-bond donors (Lipinski definition) is 0. The molecule has 9 aromatic carbocycles. The Hall–Kier alpha value is -7.62. The molecule has 68 heavy (non-hydrogen) atoms. The van der Waals surface area contributed by atoms with Crippen molar-refractivity contribution in [2.45, 2.75) is 71.6 Å². The van der Waals surface area contributed by atoms with E-state index in [0.717, 1.165) is 55.9 Å². The Morgan fingerprint density at radius 2 is 0.882 bits per heavy atom. The molecule has 0 aliphatic heterocycles. The fourth-order valence-corrected chi connectivity index (χ4v) is 13.2. The first-order chi connectivity index (χ1) is 32.8. The number of fused-ring (bicyclic) bond motifs is 19. The Bertz CT molecular complexity index is 4000. The summed E-state index contributed by atoms with van der Waals surface area (Å²) in [6.45, 7) is 19.0. The molecule has 0 N–H and O–H groups in total. The lowest BCUT2D eigenvalue weighted by atomic mass is 9.72. The molecule has 0 bridgehead atoms. The summed E-state index contributed by atoms with van der Waals surface area (Å²) in [6, 6.07) is 60.7. The first-order valence-corrected chi connectivity index (χ1v) is 24.2. The van der Waals surface area contributed by atoms with Crippen molar-refractivity contribution in [3.8, 4) is 44.5 Å². The Morgan fingerprint density at radius 3 is 1.56 bits per heavy atom. The quantitative estimate of drug-likeness (QED) is 0.176. The van der Waals surface area contributed by atoms with Gasteiger partial charge in [0.1, 0.15) is 22.3 Å². The normalized spacial score (nSPS) is 15.4. The van der Waals surface area contributed by atoms with E-state index in [2.05, 4.69) is 224 Å². The van der Waals surface area contributed by atoms with Gasteiger partial charge in [0.2, 0.25) is 0 Å². The van der Waals surface area contributed by atoms with E-state index in [1.807, 2.05) is 0 Å². The summed E-state index contributed by atoms with van der Waals surface area (Å²) in [5.74, 6) is 0. The van der Waals surface area contributed by atoms with Crippen LogP contribution in [0, 0.1) is 13.8 Å². The molecular formula is C65H51NO2. The lowest BCUT2D eigenvalue weighted by Crippen LogP contribution is -2.24. The number of aryl methyl sites for hydroxylation is 2. The van der Waals surface area contributed by atoms with Gasteiger partial charge in [-0.25, -0.2) is 0 Å². The summed E-state index contributed by atoms with van der Waals surface area (Å²) in [5.41, 5.74) is 27.0. The highest BCUT2D eigenvalue weighted by Gasteiger charge is 2.49. The predicted molar refractivity (Wildman–Crippen MR) is 283 cm³/mol. The van der Waals surface area contributed by atoms with Crippen LogP contribution in [0.3, 0.4) is 0 Å². The summed E-state index contributed by atoms with van der Waals surface area (Å²) in [4.78, 5) is 2.50. The first-order valence-electron chi connectivity index (χ1n) is 24.2. The van der Waals surface area contributed by atoms with E-state index < -0.39 is 0 Å². The van der Waals surface area contributed by atoms with E-state index in [1.54, 1.807) is 0 Å². The molecule has 2 heterocycles. The monoisotopic (exact) mass is 877 g/mol. The van der Waals surface area contributed by atoms with Crippen LogP contribution in [0.25, 0.3) is 88.4 Å². The van der Waals surface area contributed by atoms with Crippen LogP contribution in [0.1, 0.15) is 86.1 Å². The maximum Gasteiger partial charge on any atom is 0.144 e. The van der Waals surface area contributed by atoms with E-state index in [9.17, 15) is 0 Å². The van der Waals surface area contributed by atoms with Gasteiger partial charge in [0.25, 0.3) is 0 Å². The topological polar surface area (TPSA) is 29.5 Å². The van der Waals surface area contributed by atoms with Gasteiger partial charge >= 0.3 is 0 Å². The Morgan fingerprint density at radius 1 is 0.368 bits per heavy atom. The van der Waals surface area contributed by atoms with Crippen molar-refractivity contribution in [1.82, 2.24) is 0 Å². The van der Waals surface area contributed by atoms with Gasteiger partial charge in [0.15, 0.2) is 0 Å². The molecule has 2 aromatic heterocycles. The number of nitrogens with zero attached hydrogens (tertiary/aromatic N) is 1. The maximum absolute atomic E-state index is 6.99. The molecule has 0 saturated heterocycles. The molecule has 3 nitrogen and oxygen atoms in total. The van der Waals surface area contributed by atoms with E-state index in [-0.39, 0.29) is 16.2 Å². The van der Waals surface area contributed by atoms with Crippen molar-refractivity contribution in [3.63, 3.8) is 0 Å². The van der Waals surface area contributed by atoms with Gasteiger partial charge in [-0.15, -0.1) is 0 Å². The molecule has 0 spiro atoms. The Balaban J connectivity index is 0.997. The van der Waals surface area contributed by atoms with Gasteiger partial charge in [-0.2, -0.15) is 0 Å². The highest BCUT2D eigenvalue weighted by Crippen LogP contribution is 2.64. The number of furan rings is 2. The third kappa shape index (κ3) is 5.04. The summed E-state index contributed by atoms with van der Waals surface area (Å²) >= 11 is 0. The van der Waals surface area contributed by atoms with E-state index in [0.29, 0.717) is 0 Å². The zero-order chi connectivity index (χ0) is 46.2. The lowest BCUT2D eigenvalue weighted by molar-refractivity contribution is 0.600. The molecule has 328 valence electrons. The van der Waals surface area contributed by atoms with Crippen LogP contribution >= 0.6 is 0 Å². The van der Waals surface area contributed by atoms with Gasteiger partial charge in [0.05, 0.1) is 0 Å². The molecule has 3 heteroatoms. The Labute approximate surface area is 397 Å². The smallest absolute Gasteiger partial charge is 0.144 e. The zero-order valence-corrected chi connectivity index (χ0v) is 39.9. The van der Waals surface area contributed by atoms with Gasteiger partial charge in [-0.1, -0.05) is 151 Å². The zero-order valence-electron chi connectivity index (χ0n) is 39.9. The lowest BCUT2D eigenvalue weighted by Gasteiger charge is -2.32. The average molecular weight is 878 g/mol. The van der Waals surface area contributed by atoms with Gasteiger partial charge in [-0.05, 0) is 146 Å². The third-order valence-corrected chi connectivity index (χ3v) is 16.2. The van der Waals surface area contributed by atoms with Crippen molar-refractivity contribution in [3.05, 3.63) is 208 Å². The van der Waals surface area contributed by atoms with Crippen molar-refractivity contribution in [2.24, 2.45) is 0 Å². The van der Waals surface area contributed by atoms with Crippen LogP contribution in [0.15, 0.2) is 173 Å². The summed E-state index contributed by atoms with van der Waals surface area (Å²) in [5, 5.41) is 4.75. The van der Waals surface area contributed by atoms with E-state index in [1.165, 1.54) is 94.0 Å². The summed E-state index contributed by atoms with van der Waals surface area (Å²) in [7, 11) is 0. The molecule has 0 amide bonds. The van der Waals surface area contributed by atoms with Crippen LogP contribution in [0.5, 0.6) is 0 Å². The first kappa shape index (κ1) is 39.5. The van der Waals surface area contributed by atoms with Crippen LogP contribution in [-0.4, -0.2) is 0 Å². The number of hydrogen-bond acceptors (Lipinski definition) is 3. The van der Waals surface area contributed by atoms with Gasteiger partial charge < -0.3 is 13.7 Å². The van der Waals surface area contributed by atoms with Crippen LogP contribution in [0.2, 0.25) is 0 Å². The molecule has 0 saturated carbocycles. The fourth-order valence-electron chi connectivity index (χ4n) is 13.2. The number of rotatable bonds is 4. The Kier molecular flexibility index (Phi) is 7.73. The van der Waals surface area contributed by atoms with Crippen molar-refractivity contribution in [2.75, 3.05) is 4.90 Å². The standard InChI is InChI=1S/C65H51NO2/c1-36-30-37(2)32-41(31-36)66(39-26-28-43-49(33-39)63(3,4)51-35-47(38-18-10-9-11-19-38)61-56(54(43)51)45-21-13-16-24-52(45)67-61)40-27-29-44-50(34-40)65(7,8)59-55(44)57-46-22-14-17-25-53(46)68-62(57)58-42-20-12-15-23-48(42)64(5,6)60(58)59/h9-35H,1-8H3. The van der Waals surface area contributed by atoms with E-state index in [4.69, 9.17) is 8.83 Å². The van der Waals surface area contributed by atoms with Crippen molar-refractivity contribution >= 4 is 60.9 Å². The van der Waals surface area contributed by atoms with Gasteiger partial charge in [0, 0.05) is 66.0 Å². The number of anilines is 3. The molecular weight excluding hydrogens is 827 g/mol. The average Bonchev–Trinajstić information content (AvgIpc) is 4.08. The van der Waals surface area contributed by atoms with E-state index >= 15 is 0 Å². The highest BCUT2D eigenvalue weighted by atomic mass is 16.3. The van der Waals surface area contributed by atoms with Crippen LogP contribution in [0.4, 0.5) is 17.1 Å². The van der Waals surface area contributed by atoms with Crippen LogP contribution < -0.4 is 4.90 Å². The second kappa shape index (κ2) is 13.3. The van der Waals surface area contributed by atoms with Gasteiger partial charge in [-0.3, -0.25) is 0 Å². The molecule has 0 radical (unpaired) electrons. The molecule has 14 rings (SSSR count). The number of para-hydroxylation sites is 2. The fraction of sp³-hybridized carbons (Fsp3) is 0.169. The second-order valence-corrected chi connectivity index (χ2v) is 21.4. The van der Waals surface area contributed by atoms with Crippen molar-refractivity contribution < 1.29 is 8.83 Å². The third-order valence-electron chi connectivity index (χ3n) is 16.2. The SMILES string of the molecule is Cc1cc(C)cc(N(c2ccc3c(c2)C(C)(C)c2cc(-c4ccccc4)c4oc5ccccc5c4c2-3)c2ccc3c(c2)C(C)(C)c2c4c(c5oc6ccccc6c5c2-3)-c2ccccc2C4(C)C)c1. The highest BCUT2D eigenvalue weighted by molar-refractivity contribution is 6.21. The maximum atomic E-state index is 6.99. The minimum absolute atomic E-state index is 0.221. The largest absolute Gasteiger partial charge is 0.455 e. The molecule has 3 aliphatic carbocycles. The summed E-state index contributed by atoms with van der Waals surface area (Å²) < 4.78 is 13.8. The minimum Gasteiger partial charge on any atom is -0.455 e. The predicted octanol–water partition coefficient (Wildman–Crippen LogP) is 18.2. The molecule has 0 unspecified atom stereocenters. The molecule has 3 aliphatic rings. The molecule has 0 atom stereocenters. The minimum atomic E-state index is -0.318. The molecule has 0 fully saturated rings. The number of benzene rings is 9.